The van der Waals surface area contributed by atoms with Crippen LogP contribution in [0.1, 0.15) is 17.3 Å². The van der Waals surface area contributed by atoms with Gasteiger partial charge < -0.3 is 4.74 Å². The number of nitrogens with zero attached hydrogens (tertiary/aromatic N) is 1. The van der Waals surface area contributed by atoms with Crippen molar-refractivity contribution in [2.45, 2.75) is 0 Å². The van der Waals surface area contributed by atoms with Crippen LogP contribution in [0.15, 0.2) is 21.2 Å². The van der Waals surface area contributed by atoms with E-state index in [1.54, 1.807) is 0 Å². The molecule has 5 heteroatoms. The zero-order valence-electron chi connectivity index (χ0n) is 10.5. The van der Waals surface area contributed by atoms with Gasteiger partial charge in [0.15, 0.2) is 5.69 Å². The summed E-state index contributed by atoms with van der Waals surface area (Å²) >= 11 is 5.85. The molecule has 0 bridgehead atoms. The minimum atomic E-state index is -2.90. The quantitative estimate of drug-likeness (QED) is 0.590. The average Bonchev–Trinajstić information content (AvgIpc) is 2.17. The van der Waals surface area contributed by atoms with Gasteiger partial charge in [-0.05, 0) is 28.0 Å². The van der Waals surface area contributed by atoms with E-state index < -0.39 is 24.7 Å². The molecule has 0 fully saturated rings. The molecule has 0 radical (unpaired) electrons. The number of halogens is 2. The van der Waals surface area contributed by atoms with E-state index in [1.807, 2.05) is 0 Å². The summed E-state index contributed by atoms with van der Waals surface area (Å²) in [6, 6.07) is -0.507. The molecule has 0 saturated heterocycles. The maximum atomic E-state index is 11.4. The Hall–Kier alpha value is -0.420. The van der Waals surface area contributed by atoms with Gasteiger partial charge in [-0.2, -0.15) is 0 Å². The molecule has 0 unspecified atom stereocenters. The van der Waals surface area contributed by atoms with Crippen LogP contribution in [0, 0.1) is 0 Å². The van der Waals surface area contributed by atoms with Crippen molar-refractivity contribution >= 4 is 37.8 Å². The van der Waals surface area contributed by atoms with Crippen LogP contribution in [-0.4, -0.2) is 18.0 Å². The van der Waals surface area contributed by atoms with Gasteiger partial charge in [0.05, 0.1) is 13.9 Å². The lowest BCUT2D eigenvalue weighted by atomic mass is 10.4. The number of rotatable bonds is 1. The number of pyridine rings is 1. The number of methoxy groups -OCH3 is 1. The smallest absolute Gasteiger partial charge is 0.356 e. The Labute approximate surface area is 93.4 Å². The third-order valence-corrected chi connectivity index (χ3v) is 1.71. The molecule has 0 spiro atoms. The van der Waals surface area contributed by atoms with Gasteiger partial charge in [-0.15, -0.1) is 0 Å². The van der Waals surface area contributed by atoms with Gasteiger partial charge >= 0.3 is 5.97 Å². The van der Waals surface area contributed by atoms with Crippen molar-refractivity contribution in [2.24, 2.45) is 0 Å². The molecule has 1 heterocycles. The number of esters is 1. The van der Waals surface area contributed by atoms with E-state index in [1.165, 1.54) is 0 Å². The van der Waals surface area contributed by atoms with Crippen molar-refractivity contribution < 1.29 is 16.4 Å². The lowest BCUT2D eigenvalue weighted by Crippen LogP contribution is -2.03. The second-order valence-electron chi connectivity index (χ2n) is 1.70. The molecule has 0 aromatic carbocycles. The van der Waals surface area contributed by atoms with Crippen molar-refractivity contribution in [2.75, 3.05) is 7.04 Å². The fraction of sp³-hybridized carbons (Fsp3) is 0.143. The van der Waals surface area contributed by atoms with Crippen LogP contribution in [0.3, 0.4) is 0 Å². The van der Waals surface area contributed by atoms with Crippen LogP contribution >= 0.6 is 31.9 Å². The molecular formula is C7H5Br2NO2. The first-order chi connectivity index (χ1) is 7.63. The Kier molecular flexibility index (Phi) is 1.57. The van der Waals surface area contributed by atoms with Gasteiger partial charge in [-0.25, -0.2) is 9.78 Å². The number of aromatic nitrogens is 1. The van der Waals surface area contributed by atoms with Crippen molar-refractivity contribution in [3.63, 3.8) is 0 Å². The van der Waals surface area contributed by atoms with Gasteiger partial charge in [-0.1, -0.05) is 15.9 Å². The fourth-order valence-electron chi connectivity index (χ4n) is 0.525. The second kappa shape index (κ2) is 4.00. The van der Waals surface area contributed by atoms with E-state index in [9.17, 15) is 4.79 Å². The summed E-state index contributed by atoms with van der Waals surface area (Å²) < 4.78 is 39.5. The first-order valence-electron chi connectivity index (χ1n) is 5.19. The number of hydrogen-bond acceptors (Lipinski definition) is 3. The first-order valence-corrected chi connectivity index (χ1v) is 4.27. The molecule has 3 nitrogen and oxygen atoms in total. The molecule has 1 aromatic rings. The molecule has 0 saturated carbocycles. The maximum absolute atomic E-state index is 11.4. The lowest BCUT2D eigenvalue weighted by Gasteiger charge is -1.99. The normalized spacial score (nSPS) is 16.7. The van der Waals surface area contributed by atoms with Crippen LogP contribution in [0.4, 0.5) is 0 Å². The molecule has 64 valence electrons. The molecule has 0 atom stereocenters. The minimum Gasteiger partial charge on any atom is -0.464 e. The molecule has 0 aliphatic carbocycles. The molecule has 1 aromatic heterocycles. The Morgan fingerprint density at radius 3 is 3.17 bits per heavy atom. The van der Waals surface area contributed by atoms with E-state index >= 15 is 0 Å². The van der Waals surface area contributed by atoms with Crippen LogP contribution < -0.4 is 0 Å². The summed E-state index contributed by atoms with van der Waals surface area (Å²) in [7, 11) is -2.90. The Morgan fingerprint density at radius 1 is 1.75 bits per heavy atom. The molecule has 0 aliphatic heterocycles. The summed E-state index contributed by atoms with van der Waals surface area (Å²) in [6.07, 6.45) is 0. The van der Waals surface area contributed by atoms with Crippen LogP contribution in [0.25, 0.3) is 0 Å². The highest BCUT2D eigenvalue weighted by Gasteiger charge is 2.08. The van der Waals surface area contributed by atoms with Crippen LogP contribution in [0.5, 0.6) is 0 Å². The van der Waals surface area contributed by atoms with Gasteiger partial charge in [0.1, 0.15) is 4.60 Å². The summed E-state index contributed by atoms with van der Waals surface area (Å²) in [5.74, 6) is -1.24. The first kappa shape index (κ1) is 4.72. The predicted molar refractivity (Wildman–Crippen MR) is 51.0 cm³/mol. The maximum Gasteiger partial charge on any atom is 0.356 e. The lowest BCUT2D eigenvalue weighted by molar-refractivity contribution is 0.0593. The van der Waals surface area contributed by atoms with Crippen molar-refractivity contribution in [1.82, 2.24) is 4.98 Å². The van der Waals surface area contributed by atoms with E-state index in [2.05, 4.69) is 41.6 Å². The minimum absolute atomic E-state index is 0.0119. The van der Waals surface area contributed by atoms with Gasteiger partial charge in [0.2, 0.25) is 0 Å². The second-order valence-corrected chi connectivity index (χ2v) is 3.25. The Morgan fingerprint density at radius 2 is 2.50 bits per heavy atom. The highest BCUT2D eigenvalue weighted by atomic mass is 79.9. The van der Waals surface area contributed by atoms with Gasteiger partial charge in [0.25, 0.3) is 0 Å². The van der Waals surface area contributed by atoms with Crippen molar-refractivity contribution in [1.29, 1.82) is 0 Å². The van der Waals surface area contributed by atoms with E-state index in [0.29, 0.717) is 0 Å². The topological polar surface area (TPSA) is 39.2 Å². The predicted octanol–water partition coefficient (Wildman–Crippen LogP) is 2.39. The summed E-state index contributed by atoms with van der Waals surface area (Å²) in [5, 5.41) is 0. The standard InChI is InChI=1S/C7H5Br2NO2/c1-12-7(11)5-2-4(8)3-6(9)10-5/h2-3H,1H3/i1D3,2D,3D. The molecular weight excluding hydrogens is 290 g/mol. The summed E-state index contributed by atoms with van der Waals surface area (Å²) in [5.41, 5.74) is -0.476. The third-order valence-electron chi connectivity index (χ3n) is 0.937. The molecule has 0 amide bonds. The van der Waals surface area contributed by atoms with E-state index in [4.69, 9.17) is 6.85 Å². The Balaban J connectivity index is 3.20. The molecule has 12 heavy (non-hydrogen) atoms. The van der Waals surface area contributed by atoms with E-state index in [-0.39, 0.29) is 15.1 Å². The average molecular weight is 300 g/mol. The largest absolute Gasteiger partial charge is 0.464 e. The number of ether oxygens (including phenoxy) is 1. The molecule has 0 aliphatic rings. The zero-order chi connectivity index (χ0) is 13.4. The number of carbonyl (C=O) groups is 1. The van der Waals surface area contributed by atoms with Gasteiger partial charge in [-0.3, -0.25) is 0 Å². The van der Waals surface area contributed by atoms with Crippen LogP contribution in [0.2, 0.25) is 0 Å². The van der Waals surface area contributed by atoms with Crippen molar-refractivity contribution in [3.05, 3.63) is 26.9 Å². The van der Waals surface area contributed by atoms with E-state index in [0.717, 1.165) is 0 Å². The van der Waals surface area contributed by atoms with Crippen LogP contribution in [-0.2, 0) is 4.74 Å². The SMILES string of the molecule is [2H]c1c(Br)nc(C(=O)OC([2H])([2H])[2H])c([2H])c1Br. The monoisotopic (exact) mass is 298 g/mol. The highest BCUT2D eigenvalue weighted by Crippen LogP contribution is 2.16. The highest BCUT2D eigenvalue weighted by molar-refractivity contribution is 9.11. The molecule has 0 N–H and O–H groups in total. The number of hydrogen-bond donors (Lipinski definition) is 0. The molecule has 1 rings (SSSR count). The zero-order valence-corrected chi connectivity index (χ0v) is 8.69. The summed E-state index contributed by atoms with van der Waals surface area (Å²) in [6.45, 7) is 0. The van der Waals surface area contributed by atoms with Crippen molar-refractivity contribution in [3.8, 4) is 0 Å². The Bertz CT molecular complexity index is 476. The number of carbonyl (C=O) groups excluding carboxylic acids is 1. The summed E-state index contributed by atoms with van der Waals surface area (Å²) in [4.78, 5) is 15.0. The fourth-order valence-corrected chi connectivity index (χ4v) is 1.54. The third kappa shape index (κ3) is 2.28. The van der Waals surface area contributed by atoms with Gasteiger partial charge in [0, 0.05) is 4.47 Å².